The van der Waals surface area contributed by atoms with Crippen molar-refractivity contribution < 1.29 is 13.9 Å². The van der Waals surface area contributed by atoms with Gasteiger partial charge in [0.25, 0.3) is 5.91 Å². The first-order valence-corrected chi connectivity index (χ1v) is 8.36. The zero-order chi connectivity index (χ0) is 17.5. The number of carbonyl (C=O) groups excluding carboxylic acids is 1. The number of furan rings is 1. The second-order valence-electron chi connectivity index (χ2n) is 5.11. The molecular formula is C19H15BrN2O3. The van der Waals surface area contributed by atoms with Crippen LogP contribution in [0.4, 0.5) is 0 Å². The Bertz CT molecular complexity index is 875. The number of benzene rings is 2. The minimum atomic E-state index is -0.356. The van der Waals surface area contributed by atoms with Crippen LogP contribution in [0.25, 0.3) is 0 Å². The SMILES string of the molecule is O=C(N/N=C/c1ccc(Br)o1)c1ccccc1OCc1ccccc1. The number of carbonyl (C=O) groups is 1. The quantitative estimate of drug-likeness (QED) is 0.494. The van der Waals surface area contributed by atoms with Crippen molar-refractivity contribution in [1.29, 1.82) is 0 Å². The third-order valence-electron chi connectivity index (χ3n) is 3.32. The van der Waals surface area contributed by atoms with Crippen LogP contribution in [0, 0.1) is 0 Å². The van der Waals surface area contributed by atoms with Crippen LogP contribution in [0.5, 0.6) is 5.75 Å². The summed E-state index contributed by atoms with van der Waals surface area (Å²) >= 11 is 3.20. The van der Waals surface area contributed by atoms with Crippen LogP contribution in [0.3, 0.4) is 0 Å². The molecule has 0 bridgehead atoms. The van der Waals surface area contributed by atoms with Crippen LogP contribution in [0.15, 0.2) is 80.9 Å². The first-order valence-electron chi connectivity index (χ1n) is 7.57. The van der Waals surface area contributed by atoms with E-state index in [1.165, 1.54) is 6.21 Å². The Morgan fingerprint density at radius 3 is 2.60 bits per heavy atom. The maximum Gasteiger partial charge on any atom is 0.275 e. The lowest BCUT2D eigenvalue weighted by atomic mass is 10.2. The van der Waals surface area contributed by atoms with Gasteiger partial charge in [0.1, 0.15) is 18.1 Å². The van der Waals surface area contributed by atoms with Crippen molar-refractivity contribution in [3.8, 4) is 5.75 Å². The van der Waals surface area contributed by atoms with Gasteiger partial charge in [-0.2, -0.15) is 5.10 Å². The first-order chi connectivity index (χ1) is 12.2. The number of hydrogen-bond acceptors (Lipinski definition) is 4. The van der Waals surface area contributed by atoms with Crippen molar-refractivity contribution in [2.45, 2.75) is 6.61 Å². The van der Waals surface area contributed by atoms with Gasteiger partial charge in [-0.05, 0) is 45.8 Å². The van der Waals surface area contributed by atoms with Crippen molar-refractivity contribution in [2.75, 3.05) is 0 Å². The minimum Gasteiger partial charge on any atom is -0.488 e. The van der Waals surface area contributed by atoms with Gasteiger partial charge in [-0.25, -0.2) is 5.43 Å². The van der Waals surface area contributed by atoms with E-state index in [0.29, 0.717) is 28.3 Å². The number of para-hydroxylation sites is 1. The Morgan fingerprint density at radius 1 is 1.08 bits per heavy atom. The number of nitrogens with zero attached hydrogens (tertiary/aromatic N) is 1. The molecule has 5 nitrogen and oxygen atoms in total. The summed E-state index contributed by atoms with van der Waals surface area (Å²) in [5, 5.41) is 3.90. The Kier molecular flexibility index (Phi) is 5.64. The molecule has 1 amide bonds. The van der Waals surface area contributed by atoms with Crippen molar-refractivity contribution in [3.05, 3.63) is 88.3 Å². The van der Waals surface area contributed by atoms with E-state index >= 15 is 0 Å². The number of hydrazone groups is 1. The Hall–Kier alpha value is -2.86. The van der Waals surface area contributed by atoms with Gasteiger partial charge in [-0.3, -0.25) is 4.79 Å². The van der Waals surface area contributed by atoms with Gasteiger partial charge < -0.3 is 9.15 Å². The summed E-state index contributed by atoms with van der Waals surface area (Å²) in [6.45, 7) is 0.384. The van der Waals surface area contributed by atoms with Crippen LogP contribution in [-0.2, 0) is 6.61 Å². The molecule has 2 aromatic carbocycles. The summed E-state index contributed by atoms with van der Waals surface area (Å²) in [5.41, 5.74) is 3.91. The van der Waals surface area contributed by atoms with E-state index in [1.807, 2.05) is 36.4 Å². The fraction of sp³-hybridized carbons (Fsp3) is 0.0526. The van der Waals surface area contributed by atoms with E-state index in [2.05, 4.69) is 26.5 Å². The maximum absolute atomic E-state index is 12.3. The fourth-order valence-electron chi connectivity index (χ4n) is 2.13. The summed E-state index contributed by atoms with van der Waals surface area (Å²) in [5.74, 6) is 0.672. The molecule has 0 unspecified atom stereocenters. The molecule has 1 heterocycles. The molecule has 0 atom stereocenters. The lowest BCUT2D eigenvalue weighted by Gasteiger charge is -2.10. The predicted octanol–water partition coefficient (Wildman–Crippen LogP) is 4.39. The number of nitrogens with one attached hydrogen (secondary N) is 1. The maximum atomic E-state index is 12.3. The van der Waals surface area contributed by atoms with E-state index in [-0.39, 0.29) is 5.91 Å². The van der Waals surface area contributed by atoms with Crippen molar-refractivity contribution in [2.24, 2.45) is 5.10 Å². The fourth-order valence-corrected chi connectivity index (χ4v) is 2.45. The summed E-state index contributed by atoms with van der Waals surface area (Å²) in [6, 6.07) is 20.3. The zero-order valence-electron chi connectivity index (χ0n) is 13.2. The number of ether oxygens (including phenoxy) is 1. The Morgan fingerprint density at radius 2 is 1.84 bits per heavy atom. The van der Waals surface area contributed by atoms with E-state index in [1.54, 1.807) is 30.3 Å². The van der Waals surface area contributed by atoms with Crippen LogP contribution < -0.4 is 10.2 Å². The van der Waals surface area contributed by atoms with Gasteiger partial charge in [0, 0.05) is 0 Å². The molecule has 0 fully saturated rings. The lowest BCUT2D eigenvalue weighted by Crippen LogP contribution is -2.18. The third-order valence-corrected chi connectivity index (χ3v) is 3.75. The summed E-state index contributed by atoms with van der Waals surface area (Å²) in [7, 11) is 0. The topological polar surface area (TPSA) is 63.8 Å². The standard InChI is InChI=1S/C19H15BrN2O3/c20-18-11-10-15(25-18)12-21-22-19(23)16-8-4-5-9-17(16)24-13-14-6-2-1-3-7-14/h1-12H,13H2,(H,22,23)/b21-12+. The molecule has 0 aliphatic heterocycles. The predicted molar refractivity (Wildman–Crippen MR) is 98.7 cm³/mol. The molecule has 6 heteroatoms. The largest absolute Gasteiger partial charge is 0.488 e. The highest BCUT2D eigenvalue weighted by molar-refractivity contribution is 9.10. The van der Waals surface area contributed by atoms with Gasteiger partial charge in [0.15, 0.2) is 4.67 Å². The second kappa shape index (κ2) is 8.30. The Labute approximate surface area is 153 Å². The number of rotatable bonds is 6. The highest BCUT2D eigenvalue weighted by Crippen LogP contribution is 2.19. The van der Waals surface area contributed by atoms with Gasteiger partial charge in [-0.1, -0.05) is 42.5 Å². The first kappa shape index (κ1) is 17.0. The van der Waals surface area contributed by atoms with Gasteiger partial charge >= 0.3 is 0 Å². The Balaban J connectivity index is 1.65. The van der Waals surface area contributed by atoms with Crippen LogP contribution in [0.2, 0.25) is 0 Å². The summed E-state index contributed by atoms with van der Waals surface area (Å²) < 4.78 is 11.6. The summed E-state index contributed by atoms with van der Waals surface area (Å²) in [6.07, 6.45) is 1.43. The number of amides is 1. The molecule has 25 heavy (non-hydrogen) atoms. The second-order valence-corrected chi connectivity index (χ2v) is 5.89. The lowest BCUT2D eigenvalue weighted by molar-refractivity contribution is 0.0950. The minimum absolute atomic E-state index is 0.356. The van der Waals surface area contributed by atoms with Crippen molar-refractivity contribution in [1.82, 2.24) is 5.43 Å². The smallest absolute Gasteiger partial charge is 0.275 e. The molecule has 0 radical (unpaired) electrons. The molecule has 1 aromatic heterocycles. The number of halogens is 1. The third kappa shape index (κ3) is 4.81. The van der Waals surface area contributed by atoms with E-state index < -0.39 is 0 Å². The molecule has 0 spiro atoms. The van der Waals surface area contributed by atoms with E-state index in [9.17, 15) is 4.79 Å². The van der Waals surface area contributed by atoms with Crippen molar-refractivity contribution in [3.63, 3.8) is 0 Å². The summed E-state index contributed by atoms with van der Waals surface area (Å²) in [4.78, 5) is 12.3. The molecule has 3 rings (SSSR count). The molecule has 1 N–H and O–H groups in total. The highest BCUT2D eigenvalue weighted by atomic mass is 79.9. The normalized spacial score (nSPS) is 10.8. The van der Waals surface area contributed by atoms with Gasteiger partial charge in [-0.15, -0.1) is 0 Å². The monoisotopic (exact) mass is 398 g/mol. The zero-order valence-corrected chi connectivity index (χ0v) is 14.8. The molecule has 126 valence electrons. The molecule has 0 saturated carbocycles. The molecule has 3 aromatic rings. The van der Waals surface area contributed by atoms with Gasteiger partial charge in [0.05, 0.1) is 11.8 Å². The van der Waals surface area contributed by atoms with Crippen LogP contribution in [-0.4, -0.2) is 12.1 Å². The average Bonchev–Trinajstić information content (AvgIpc) is 3.06. The molecule has 0 aliphatic carbocycles. The van der Waals surface area contributed by atoms with Gasteiger partial charge in [0.2, 0.25) is 0 Å². The van der Waals surface area contributed by atoms with E-state index in [0.717, 1.165) is 5.56 Å². The average molecular weight is 399 g/mol. The van der Waals surface area contributed by atoms with Crippen molar-refractivity contribution >= 4 is 28.1 Å². The molecule has 0 aliphatic rings. The number of hydrogen-bond donors (Lipinski definition) is 1. The highest BCUT2D eigenvalue weighted by Gasteiger charge is 2.11. The molecule has 0 saturated heterocycles. The van der Waals surface area contributed by atoms with Crippen LogP contribution >= 0.6 is 15.9 Å². The van der Waals surface area contributed by atoms with Crippen LogP contribution in [0.1, 0.15) is 21.7 Å². The molecular weight excluding hydrogens is 384 g/mol. The van der Waals surface area contributed by atoms with E-state index in [4.69, 9.17) is 9.15 Å².